The Hall–Kier alpha value is -3.42. The average molecular weight is 535 g/mol. The largest absolute Gasteiger partial charge is 0.465 e. The molecule has 1 N–H and O–H groups in total. The van der Waals surface area contributed by atoms with E-state index in [4.69, 9.17) is 0 Å². The molecule has 1 aliphatic heterocycles. The van der Waals surface area contributed by atoms with E-state index in [1.165, 1.54) is 17.7 Å². The topological polar surface area (TPSA) is 78.7 Å². The highest BCUT2D eigenvalue weighted by molar-refractivity contribution is 5.99. The summed E-state index contributed by atoms with van der Waals surface area (Å²) in [6.45, 7) is 10.9. The third-order valence-electron chi connectivity index (χ3n) is 9.05. The number of amides is 2. The quantitative estimate of drug-likeness (QED) is 0.404. The fourth-order valence-corrected chi connectivity index (χ4v) is 7.17. The van der Waals surface area contributed by atoms with Crippen molar-refractivity contribution in [2.24, 2.45) is 10.8 Å². The van der Waals surface area contributed by atoms with Gasteiger partial charge in [0.05, 0.1) is 23.0 Å². The second-order valence-electron chi connectivity index (χ2n) is 12.8. The van der Waals surface area contributed by atoms with Crippen LogP contribution in [0.1, 0.15) is 82.1 Å². The van der Waals surface area contributed by atoms with Crippen molar-refractivity contribution in [2.45, 2.75) is 78.3 Å². The lowest BCUT2D eigenvalue weighted by Gasteiger charge is -2.63. The highest BCUT2D eigenvalue weighted by Gasteiger charge is 2.59. The second-order valence-corrected chi connectivity index (χ2v) is 12.8. The summed E-state index contributed by atoms with van der Waals surface area (Å²) in [4.78, 5) is 32.8. The number of aromatic nitrogens is 2. The van der Waals surface area contributed by atoms with Crippen molar-refractivity contribution in [3.05, 3.63) is 59.8 Å². The Morgan fingerprint density at radius 3 is 2.49 bits per heavy atom. The highest BCUT2D eigenvalue weighted by Crippen LogP contribution is 2.57. The minimum Gasteiger partial charge on any atom is -0.465 e. The Bertz CT molecular complexity index is 1410. The molecule has 1 saturated carbocycles. The van der Waals surface area contributed by atoms with E-state index in [2.05, 4.69) is 32.0 Å². The molecule has 2 amide bonds. The summed E-state index contributed by atoms with van der Waals surface area (Å²) in [6, 6.07) is 6.39. The monoisotopic (exact) mass is 534 g/mol. The molecule has 2 aliphatic rings. The molecule has 3 heterocycles. The molecule has 208 valence electrons. The second kappa shape index (κ2) is 9.65. The number of hydrogen-bond donors (Lipinski definition) is 1. The van der Waals surface area contributed by atoms with E-state index in [0.29, 0.717) is 23.7 Å². The van der Waals surface area contributed by atoms with Crippen LogP contribution in [0.25, 0.3) is 16.6 Å². The van der Waals surface area contributed by atoms with Crippen LogP contribution in [0.3, 0.4) is 0 Å². The van der Waals surface area contributed by atoms with Crippen molar-refractivity contribution < 1.29 is 19.1 Å². The zero-order valence-electron chi connectivity index (χ0n) is 23.7. The molecular formula is C31H39FN4O3. The van der Waals surface area contributed by atoms with Gasteiger partial charge in [-0.15, -0.1) is 0 Å². The molecule has 5 rings (SSSR count). The maximum atomic E-state index is 14.4. The van der Waals surface area contributed by atoms with Gasteiger partial charge in [-0.3, -0.25) is 9.78 Å². The standard InChI is InChI=1S/C31H39FN4O3/c1-19(2)34(6)27(37)23-15-21(32)7-8-25(23)35-17-24(22-11-14-33-16-26(22)35)20-9-12-31(13-10-20)18-36(29(38)39)28(31)30(3,4)5/h7-8,11,14-17,19-20,28H,9-10,12-13,18H2,1-6H3,(H,38,39). The van der Waals surface area contributed by atoms with Crippen LogP contribution in [0, 0.1) is 16.6 Å². The number of benzene rings is 1. The lowest BCUT2D eigenvalue weighted by Crippen LogP contribution is -2.70. The summed E-state index contributed by atoms with van der Waals surface area (Å²) in [5, 5.41) is 10.8. The number of pyridine rings is 1. The maximum Gasteiger partial charge on any atom is 0.407 e. The van der Waals surface area contributed by atoms with Gasteiger partial charge >= 0.3 is 6.09 Å². The molecule has 1 unspecified atom stereocenters. The van der Waals surface area contributed by atoms with Gasteiger partial charge in [0, 0.05) is 48.9 Å². The Labute approximate surface area is 229 Å². The Morgan fingerprint density at radius 2 is 1.87 bits per heavy atom. The maximum absolute atomic E-state index is 14.4. The fraction of sp³-hybridized carbons (Fsp3) is 0.516. The van der Waals surface area contributed by atoms with Crippen molar-refractivity contribution in [1.29, 1.82) is 0 Å². The van der Waals surface area contributed by atoms with Crippen LogP contribution in [0.4, 0.5) is 9.18 Å². The molecule has 1 aromatic carbocycles. The molecule has 3 aromatic rings. The SMILES string of the molecule is CC(C)N(C)C(=O)c1cc(F)ccc1-n1cc(C2CCC3(CC2)CN(C(=O)O)C3C(C)(C)C)c2ccncc21. The van der Waals surface area contributed by atoms with Crippen LogP contribution in [-0.2, 0) is 0 Å². The number of carboxylic acid groups (broad SMARTS) is 1. The Balaban J connectivity index is 1.50. The van der Waals surface area contributed by atoms with Crippen molar-refractivity contribution in [2.75, 3.05) is 13.6 Å². The van der Waals surface area contributed by atoms with E-state index in [9.17, 15) is 19.1 Å². The van der Waals surface area contributed by atoms with Crippen LogP contribution in [-0.4, -0.2) is 62.1 Å². The first-order valence-electron chi connectivity index (χ1n) is 13.9. The van der Waals surface area contributed by atoms with Gasteiger partial charge in [-0.2, -0.15) is 0 Å². The van der Waals surface area contributed by atoms with E-state index in [-0.39, 0.29) is 28.8 Å². The molecular weight excluding hydrogens is 495 g/mol. The number of fused-ring (bicyclic) bond motifs is 1. The molecule has 1 spiro atoms. The van der Waals surface area contributed by atoms with Crippen LogP contribution in [0.5, 0.6) is 0 Å². The highest BCUT2D eigenvalue weighted by atomic mass is 19.1. The van der Waals surface area contributed by atoms with E-state index in [0.717, 1.165) is 36.6 Å². The number of rotatable bonds is 4. The smallest absolute Gasteiger partial charge is 0.407 e. The molecule has 1 aliphatic carbocycles. The average Bonchev–Trinajstić information content (AvgIpc) is 3.25. The first kappa shape index (κ1) is 27.2. The van der Waals surface area contributed by atoms with E-state index < -0.39 is 11.9 Å². The lowest BCUT2D eigenvalue weighted by atomic mass is 9.54. The zero-order valence-corrected chi connectivity index (χ0v) is 23.7. The summed E-state index contributed by atoms with van der Waals surface area (Å²) in [5.74, 6) is -0.372. The lowest BCUT2D eigenvalue weighted by molar-refractivity contribution is -0.127. The molecule has 0 radical (unpaired) electrons. The van der Waals surface area contributed by atoms with Crippen LogP contribution < -0.4 is 0 Å². The van der Waals surface area contributed by atoms with Crippen LogP contribution in [0.2, 0.25) is 0 Å². The summed E-state index contributed by atoms with van der Waals surface area (Å²) in [5.41, 5.74) is 2.93. The molecule has 1 saturated heterocycles. The molecule has 7 nitrogen and oxygen atoms in total. The van der Waals surface area contributed by atoms with Crippen molar-refractivity contribution >= 4 is 22.9 Å². The predicted molar refractivity (Wildman–Crippen MR) is 150 cm³/mol. The summed E-state index contributed by atoms with van der Waals surface area (Å²) >= 11 is 0. The first-order chi connectivity index (χ1) is 18.3. The fourth-order valence-electron chi connectivity index (χ4n) is 7.17. The van der Waals surface area contributed by atoms with Crippen molar-refractivity contribution in [3.8, 4) is 5.69 Å². The number of carbonyl (C=O) groups excluding carboxylic acids is 1. The molecule has 2 fully saturated rings. The van der Waals surface area contributed by atoms with Gasteiger partial charge in [0.1, 0.15) is 5.82 Å². The minimum atomic E-state index is -0.828. The first-order valence-corrected chi connectivity index (χ1v) is 13.9. The van der Waals surface area contributed by atoms with Crippen molar-refractivity contribution in [3.63, 3.8) is 0 Å². The third-order valence-corrected chi connectivity index (χ3v) is 9.05. The van der Waals surface area contributed by atoms with E-state index in [1.807, 2.05) is 24.5 Å². The number of hydrogen-bond acceptors (Lipinski definition) is 3. The van der Waals surface area contributed by atoms with Gasteiger partial charge in [-0.25, -0.2) is 9.18 Å². The Morgan fingerprint density at radius 1 is 1.18 bits per heavy atom. The molecule has 2 aromatic heterocycles. The van der Waals surface area contributed by atoms with E-state index >= 15 is 0 Å². The molecule has 0 bridgehead atoms. The van der Waals surface area contributed by atoms with Gasteiger partial charge in [-0.05, 0) is 80.7 Å². The van der Waals surface area contributed by atoms with Gasteiger partial charge in [-0.1, -0.05) is 20.8 Å². The van der Waals surface area contributed by atoms with Crippen molar-refractivity contribution in [1.82, 2.24) is 19.4 Å². The molecule has 8 heteroatoms. The predicted octanol–water partition coefficient (Wildman–Crippen LogP) is 6.70. The number of halogens is 1. The number of nitrogens with zero attached hydrogens (tertiary/aromatic N) is 4. The summed E-state index contributed by atoms with van der Waals surface area (Å²) in [6.07, 6.45) is 8.74. The number of likely N-dealkylation sites (tertiary alicyclic amines) is 1. The van der Waals surface area contributed by atoms with Gasteiger partial charge < -0.3 is 19.5 Å². The normalized spacial score (nSPS) is 23.3. The molecule has 1 atom stereocenters. The van der Waals surface area contributed by atoms with Gasteiger partial charge in [0.25, 0.3) is 5.91 Å². The number of carbonyl (C=O) groups is 2. The summed E-state index contributed by atoms with van der Waals surface area (Å²) < 4.78 is 16.4. The zero-order chi connectivity index (χ0) is 28.3. The van der Waals surface area contributed by atoms with Gasteiger partial charge in [0.15, 0.2) is 0 Å². The molecule has 39 heavy (non-hydrogen) atoms. The van der Waals surface area contributed by atoms with Gasteiger partial charge in [0.2, 0.25) is 0 Å². The van der Waals surface area contributed by atoms with E-state index in [1.54, 1.807) is 35.3 Å². The van der Waals surface area contributed by atoms with Crippen LogP contribution >= 0.6 is 0 Å². The minimum absolute atomic E-state index is 0.0136. The summed E-state index contributed by atoms with van der Waals surface area (Å²) in [7, 11) is 1.73. The van der Waals surface area contributed by atoms with Crippen LogP contribution in [0.15, 0.2) is 42.9 Å². The Kier molecular flexibility index (Phi) is 6.72. The third kappa shape index (κ3) is 4.57.